The summed E-state index contributed by atoms with van der Waals surface area (Å²) in [6.07, 6.45) is 3.92. The Balaban J connectivity index is 2.81. The molecule has 24 heavy (non-hydrogen) atoms. The summed E-state index contributed by atoms with van der Waals surface area (Å²) >= 11 is 0. The molecule has 0 unspecified atom stereocenters. The Hall–Kier alpha value is -2.46. The maximum Gasteiger partial charge on any atom is 0.318 e. The Morgan fingerprint density at radius 2 is 2.08 bits per heavy atom. The summed E-state index contributed by atoms with van der Waals surface area (Å²) in [5.41, 5.74) is 15.8. The van der Waals surface area contributed by atoms with E-state index in [-0.39, 0.29) is 30.0 Å². The number of carbonyl (C=O) groups is 2. The minimum Gasteiger partial charge on any atom is -0.351 e. The standard InChI is InChI=1S/C14H25N7O3/c1-20-8-10(12(23)18-14(20)19-13(17)24)21(2)11(22)7-9(16)5-3-4-6-15/h8-9H,3-7,15-16H2,1-2H3,(H3,17,18,19,23,24)/t9-/m0/s1. The molecule has 1 heterocycles. The summed E-state index contributed by atoms with van der Waals surface area (Å²) in [6.45, 7) is 0.591. The number of urea groups is 1. The van der Waals surface area contributed by atoms with Crippen molar-refractivity contribution in [2.75, 3.05) is 23.8 Å². The van der Waals surface area contributed by atoms with E-state index >= 15 is 0 Å². The molecule has 0 aliphatic carbocycles. The van der Waals surface area contributed by atoms with E-state index in [0.29, 0.717) is 13.0 Å². The van der Waals surface area contributed by atoms with Crippen molar-refractivity contribution in [1.29, 1.82) is 0 Å². The molecule has 0 aromatic carbocycles. The van der Waals surface area contributed by atoms with Crippen LogP contribution in [-0.4, -0.2) is 41.1 Å². The number of carbonyl (C=O) groups excluding carboxylic acids is 2. The van der Waals surface area contributed by atoms with Gasteiger partial charge >= 0.3 is 6.03 Å². The maximum absolute atomic E-state index is 12.3. The first-order valence-corrected chi connectivity index (χ1v) is 7.62. The Kier molecular flexibility index (Phi) is 7.33. The molecule has 0 aliphatic heterocycles. The lowest BCUT2D eigenvalue weighted by Crippen LogP contribution is -2.37. The molecule has 0 fully saturated rings. The predicted octanol–water partition coefficient (Wildman–Crippen LogP) is -0.920. The van der Waals surface area contributed by atoms with Gasteiger partial charge in [0.05, 0.1) is 0 Å². The highest BCUT2D eigenvalue weighted by atomic mass is 16.2. The zero-order valence-electron chi connectivity index (χ0n) is 14.0. The highest BCUT2D eigenvalue weighted by Gasteiger charge is 2.19. The molecule has 1 atom stereocenters. The number of hydrogen-bond acceptors (Lipinski definition) is 6. The Morgan fingerprint density at radius 1 is 1.42 bits per heavy atom. The van der Waals surface area contributed by atoms with Gasteiger partial charge in [-0.1, -0.05) is 6.42 Å². The largest absolute Gasteiger partial charge is 0.351 e. The fourth-order valence-corrected chi connectivity index (χ4v) is 2.14. The molecule has 1 aromatic rings. The molecule has 0 bridgehead atoms. The van der Waals surface area contributed by atoms with Crippen LogP contribution in [0.2, 0.25) is 0 Å². The van der Waals surface area contributed by atoms with Crippen molar-refractivity contribution < 1.29 is 9.59 Å². The number of primary amides is 1. The van der Waals surface area contributed by atoms with E-state index in [2.05, 4.69) is 10.3 Å². The molecule has 134 valence electrons. The molecular formula is C14H25N7O3. The number of unbranched alkanes of at least 4 members (excludes halogenated alkanes) is 1. The first-order chi connectivity index (χ1) is 11.3. The number of rotatable bonds is 8. The molecule has 1 rings (SSSR count). The van der Waals surface area contributed by atoms with Gasteiger partial charge in [-0.05, 0) is 19.4 Å². The number of aromatic nitrogens is 2. The van der Waals surface area contributed by atoms with Crippen LogP contribution in [0.15, 0.2) is 11.0 Å². The lowest BCUT2D eigenvalue weighted by atomic mass is 10.1. The van der Waals surface area contributed by atoms with E-state index in [1.807, 2.05) is 0 Å². The van der Waals surface area contributed by atoms with Crippen molar-refractivity contribution in [3.8, 4) is 0 Å². The van der Waals surface area contributed by atoms with Gasteiger partial charge in [-0.25, -0.2) is 4.79 Å². The second-order valence-corrected chi connectivity index (χ2v) is 5.56. The molecular weight excluding hydrogens is 314 g/mol. The number of anilines is 2. The number of aryl methyl sites for hydroxylation is 1. The zero-order chi connectivity index (χ0) is 18.3. The van der Waals surface area contributed by atoms with Crippen molar-refractivity contribution in [2.24, 2.45) is 24.2 Å². The molecule has 0 aliphatic rings. The van der Waals surface area contributed by atoms with Gasteiger partial charge in [0, 0.05) is 32.8 Å². The third-order valence-electron chi connectivity index (χ3n) is 3.51. The molecule has 0 saturated carbocycles. The predicted molar refractivity (Wildman–Crippen MR) is 91.6 cm³/mol. The van der Waals surface area contributed by atoms with Gasteiger partial charge in [0.15, 0.2) is 0 Å². The summed E-state index contributed by atoms with van der Waals surface area (Å²) in [7, 11) is 3.05. The summed E-state index contributed by atoms with van der Waals surface area (Å²) in [6, 6.07) is -1.13. The normalized spacial score (nSPS) is 11.8. The zero-order valence-corrected chi connectivity index (χ0v) is 14.0. The quantitative estimate of drug-likeness (QED) is 0.448. The Bertz CT molecular complexity index is 644. The number of amides is 3. The van der Waals surface area contributed by atoms with E-state index in [9.17, 15) is 14.4 Å². The molecule has 1 aromatic heterocycles. The van der Waals surface area contributed by atoms with Crippen LogP contribution in [0.25, 0.3) is 0 Å². The lowest BCUT2D eigenvalue weighted by molar-refractivity contribution is -0.118. The van der Waals surface area contributed by atoms with Crippen LogP contribution in [0, 0.1) is 0 Å². The van der Waals surface area contributed by atoms with Crippen LogP contribution in [-0.2, 0) is 11.8 Å². The van der Waals surface area contributed by atoms with Crippen molar-refractivity contribution in [3.05, 3.63) is 16.6 Å². The van der Waals surface area contributed by atoms with Gasteiger partial charge in [-0.3, -0.25) is 14.9 Å². The molecule has 0 saturated heterocycles. The third kappa shape index (κ3) is 5.63. The van der Waals surface area contributed by atoms with Crippen LogP contribution in [0.3, 0.4) is 0 Å². The number of nitrogens with zero attached hydrogens (tertiary/aromatic N) is 3. The Morgan fingerprint density at radius 3 is 2.67 bits per heavy atom. The van der Waals surface area contributed by atoms with Gasteiger partial charge in [-0.2, -0.15) is 4.98 Å². The average Bonchev–Trinajstić information content (AvgIpc) is 2.49. The molecule has 0 radical (unpaired) electrons. The maximum atomic E-state index is 12.3. The first kappa shape index (κ1) is 19.6. The van der Waals surface area contributed by atoms with Crippen molar-refractivity contribution in [3.63, 3.8) is 0 Å². The summed E-state index contributed by atoms with van der Waals surface area (Å²) < 4.78 is 1.40. The summed E-state index contributed by atoms with van der Waals surface area (Å²) in [5, 5.41) is 2.23. The monoisotopic (exact) mass is 339 g/mol. The van der Waals surface area contributed by atoms with Crippen LogP contribution in [0.1, 0.15) is 25.7 Å². The second kappa shape index (κ2) is 8.99. The van der Waals surface area contributed by atoms with Crippen LogP contribution < -0.4 is 33.0 Å². The van der Waals surface area contributed by atoms with Crippen molar-refractivity contribution in [1.82, 2.24) is 9.55 Å². The van der Waals surface area contributed by atoms with E-state index in [0.717, 1.165) is 12.8 Å². The van der Waals surface area contributed by atoms with Crippen LogP contribution >= 0.6 is 0 Å². The summed E-state index contributed by atoms with van der Waals surface area (Å²) in [5.74, 6) is -0.291. The highest BCUT2D eigenvalue weighted by Crippen LogP contribution is 2.11. The van der Waals surface area contributed by atoms with Gasteiger partial charge in [0.2, 0.25) is 11.9 Å². The molecule has 0 spiro atoms. The number of hydrogen-bond donors (Lipinski definition) is 4. The molecule has 10 heteroatoms. The molecule has 3 amide bonds. The Labute approximate surface area is 140 Å². The minimum atomic E-state index is -0.835. The number of nitrogens with two attached hydrogens (primary N) is 3. The van der Waals surface area contributed by atoms with Gasteiger partial charge in [0.1, 0.15) is 5.69 Å². The van der Waals surface area contributed by atoms with E-state index in [4.69, 9.17) is 17.2 Å². The third-order valence-corrected chi connectivity index (χ3v) is 3.51. The first-order valence-electron chi connectivity index (χ1n) is 7.62. The van der Waals surface area contributed by atoms with Gasteiger partial charge in [-0.15, -0.1) is 0 Å². The fraction of sp³-hybridized carbons (Fsp3) is 0.571. The van der Waals surface area contributed by atoms with E-state index < -0.39 is 11.6 Å². The smallest absolute Gasteiger partial charge is 0.318 e. The van der Waals surface area contributed by atoms with Crippen molar-refractivity contribution >= 4 is 23.6 Å². The topological polar surface area (TPSA) is 162 Å². The molecule has 10 nitrogen and oxygen atoms in total. The van der Waals surface area contributed by atoms with Crippen molar-refractivity contribution in [2.45, 2.75) is 31.7 Å². The second-order valence-electron chi connectivity index (χ2n) is 5.56. The van der Waals surface area contributed by atoms with Crippen LogP contribution in [0.5, 0.6) is 0 Å². The van der Waals surface area contributed by atoms with E-state index in [1.54, 1.807) is 7.05 Å². The van der Waals surface area contributed by atoms with E-state index in [1.165, 1.54) is 22.7 Å². The van der Waals surface area contributed by atoms with Gasteiger partial charge < -0.3 is 26.7 Å². The molecule has 7 N–H and O–H groups in total. The van der Waals surface area contributed by atoms with Crippen LogP contribution in [0.4, 0.5) is 16.4 Å². The average molecular weight is 339 g/mol. The number of nitrogens with one attached hydrogen (secondary N) is 1. The lowest BCUT2D eigenvalue weighted by Gasteiger charge is -2.20. The van der Waals surface area contributed by atoms with Gasteiger partial charge in [0.25, 0.3) is 5.56 Å². The highest BCUT2D eigenvalue weighted by molar-refractivity contribution is 5.93. The minimum absolute atomic E-state index is 0.00409. The SMILES string of the molecule is CN(C(=O)C[C@@H](N)CCCCN)c1cn(C)c(NC(N)=O)nc1=O. The summed E-state index contributed by atoms with van der Waals surface area (Å²) in [4.78, 5) is 40.1. The fourth-order valence-electron chi connectivity index (χ4n) is 2.14.